The fraction of sp³-hybridized carbons (Fsp3) is 0.161. The molecule has 6 nitrogen and oxygen atoms in total. The maximum Gasteiger partial charge on any atom is 0.132 e. The fourth-order valence-corrected chi connectivity index (χ4v) is 5.17. The number of phenolic OH excluding ortho intramolecular Hbond substituents is 1. The quantitative estimate of drug-likeness (QED) is 0.263. The molecule has 1 aliphatic rings. The summed E-state index contributed by atoms with van der Waals surface area (Å²) in [6.45, 7) is 0.378. The highest BCUT2D eigenvalue weighted by Gasteiger charge is 2.32. The zero-order valence-electron chi connectivity index (χ0n) is 20.1. The third kappa shape index (κ3) is 4.20. The third-order valence-electron chi connectivity index (χ3n) is 6.73. The van der Waals surface area contributed by atoms with Crippen LogP contribution in [0.25, 0.3) is 21.5 Å². The first-order valence-corrected chi connectivity index (χ1v) is 12.2. The Kier molecular flexibility index (Phi) is 6.04. The summed E-state index contributed by atoms with van der Waals surface area (Å²) in [5.41, 5.74) is 3.11. The summed E-state index contributed by atoms with van der Waals surface area (Å²) in [4.78, 5) is 0. The molecule has 186 valence electrons. The Morgan fingerprint density at radius 1 is 0.622 bits per heavy atom. The Morgan fingerprint density at radius 3 is 1.62 bits per heavy atom. The molecule has 5 aromatic rings. The van der Waals surface area contributed by atoms with Gasteiger partial charge in [0, 0.05) is 17.0 Å². The van der Waals surface area contributed by atoms with Gasteiger partial charge in [0.25, 0.3) is 0 Å². The normalized spacial score (nSPS) is 12.7. The van der Waals surface area contributed by atoms with Crippen molar-refractivity contribution in [2.45, 2.75) is 5.92 Å². The van der Waals surface area contributed by atoms with Gasteiger partial charge in [-0.25, -0.2) is 0 Å². The number of aliphatic hydroxyl groups excluding tert-OH is 2. The predicted octanol–water partition coefficient (Wildman–Crippen LogP) is 5.73. The fourth-order valence-electron chi connectivity index (χ4n) is 5.17. The molecule has 0 saturated carbocycles. The van der Waals surface area contributed by atoms with Crippen LogP contribution < -0.4 is 14.2 Å². The lowest BCUT2D eigenvalue weighted by Gasteiger charge is -2.31. The molecule has 0 radical (unpaired) electrons. The van der Waals surface area contributed by atoms with Gasteiger partial charge in [0.05, 0.1) is 13.2 Å². The molecule has 6 rings (SSSR count). The van der Waals surface area contributed by atoms with Crippen LogP contribution in [0.15, 0.2) is 84.9 Å². The SMILES string of the molecule is OCCOc1ccc2c3c(ccc2c1)Oc1ccc2cc(OCCO)ccc2c1C3c1ccc(O)cc1. The lowest BCUT2D eigenvalue weighted by atomic mass is 9.78. The summed E-state index contributed by atoms with van der Waals surface area (Å²) in [7, 11) is 0. The van der Waals surface area contributed by atoms with Crippen molar-refractivity contribution in [3.63, 3.8) is 0 Å². The van der Waals surface area contributed by atoms with Crippen LogP contribution in [0.4, 0.5) is 0 Å². The number of aromatic hydroxyl groups is 1. The highest BCUT2D eigenvalue weighted by atomic mass is 16.5. The van der Waals surface area contributed by atoms with Gasteiger partial charge in [0.2, 0.25) is 0 Å². The maximum absolute atomic E-state index is 10.0. The van der Waals surface area contributed by atoms with Gasteiger partial charge in [-0.1, -0.05) is 36.4 Å². The molecule has 0 atom stereocenters. The number of aliphatic hydroxyl groups is 2. The minimum atomic E-state index is -0.153. The van der Waals surface area contributed by atoms with E-state index in [1.165, 1.54) is 0 Å². The van der Waals surface area contributed by atoms with Gasteiger partial charge >= 0.3 is 0 Å². The molecular formula is C31H26O6. The van der Waals surface area contributed by atoms with Crippen molar-refractivity contribution >= 4 is 21.5 Å². The van der Waals surface area contributed by atoms with Gasteiger partial charge in [-0.05, 0) is 75.6 Å². The van der Waals surface area contributed by atoms with Crippen LogP contribution in [0.2, 0.25) is 0 Å². The predicted molar refractivity (Wildman–Crippen MR) is 142 cm³/mol. The highest BCUT2D eigenvalue weighted by Crippen LogP contribution is 2.52. The average Bonchev–Trinajstić information content (AvgIpc) is 2.93. The van der Waals surface area contributed by atoms with E-state index in [4.69, 9.17) is 24.4 Å². The summed E-state index contributed by atoms with van der Waals surface area (Å²) < 4.78 is 17.8. The van der Waals surface area contributed by atoms with Crippen molar-refractivity contribution in [3.05, 3.63) is 102 Å². The smallest absolute Gasteiger partial charge is 0.132 e. The molecule has 0 unspecified atom stereocenters. The van der Waals surface area contributed by atoms with E-state index in [9.17, 15) is 5.11 Å². The van der Waals surface area contributed by atoms with Crippen molar-refractivity contribution in [2.75, 3.05) is 26.4 Å². The van der Waals surface area contributed by atoms with Crippen LogP contribution in [0.1, 0.15) is 22.6 Å². The van der Waals surface area contributed by atoms with Gasteiger partial charge in [-0.2, -0.15) is 0 Å². The van der Waals surface area contributed by atoms with Crippen LogP contribution >= 0.6 is 0 Å². The van der Waals surface area contributed by atoms with Crippen LogP contribution in [0.5, 0.6) is 28.7 Å². The second-order valence-corrected chi connectivity index (χ2v) is 8.99. The molecule has 0 fully saturated rings. The molecule has 0 bridgehead atoms. The third-order valence-corrected chi connectivity index (χ3v) is 6.73. The Labute approximate surface area is 213 Å². The topological polar surface area (TPSA) is 88.4 Å². The van der Waals surface area contributed by atoms with E-state index in [1.54, 1.807) is 12.1 Å². The Bertz CT molecular complexity index is 1490. The molecule has 0 aliphatic carbocycles. The second-order valence-electron chi connectivity index (χ2n) is 8.99. The molecule has 1 heterocycles. The van der Waals surface area contributed by atoms with E-state index in [0.717, 1.165) is 49.7 Å². The highest BCUT2D eigenvalue weighted by molar-refractivity contribution is 5.96. The number of hydrogen-bond donors (Lipinski definition) is 3. The molecule has 0 saturated heterocycles. The van der Waals surface area contributed by atoms with Crippen molar-refractivity contribution in [2.24, 2.45) is 0 Å². The maximum atomic E-state index is 10.0. The lowest BCUT2D eigenvalue weighted by Crippen LogP contribution is -2.13. The minimum Gasteiger partial charge on any atom is -0.508 e. The van der Waals surface area contributed by atoms with E-state index >= 15 is 0 Å². The molecular weight excluding hydrogens is 468 g/mol. The zero-order valence-corrected chi connectivity index (χ0v) is 20.1. The molecule has 5 aromatic carbocycles. The molecule has 6 heteroatoms. The Balaban J connectivity index is 1.58. The van der Waals surface area contributed by atoms with Crippen molar-refractivity contribution in [3.8, 4) is 28.7 Å². The Hall–Kier alpha value is -4.26. The van der Waals surface area contributed by atoms with Crippen LogP contribution in [-0.2, 0) is 0 Å². The summed E-state index contributed by atoms with van der Waals surface area (Å²) in [6.07, 6.45) is 0. The lowest BCUT2D eigenvalue weighted by molar-refractivity contribution is 0.201. The van der Waals surface area contributed by atoms with Crippen LogP contribution in [0, 0.1) is 0 Å². The van der Waals surface area contributed by atoms with Gasteiger partial charge in [0.15, 0.2) is 0 Å². The number of phenols is 1. The number of fused-ring (bicyclic) bond motifs is 6. The molecule has 37 heavy (non-hydrogen) atoms. The van der Waals surface area contributed by atoms with E-state index in [1.807, 2.05) is 72.8 Å². The van der Waals surface area contributed by atoms with E-state index in [2.05, 4.69) is 0 Å². The largest absolute Gasteiger partial charge is 0.508 e. The first kappa shape index (κ1) is 23.2. The van der Waals surface area contributed by atoms with Gasteiger partial charge in [0.1, 0.15) is 42.0 Å². The molecule has 0 amide bonds. The van der Waals surface area contributed by atoms with Crippen LogP contribution in [0.3, 0.4) is 0 Å². The van der Waals surface area contributed by atoms with E-state index < -0.39 is 0 Å². The van der Waals surface area contributed by atoms with E-state index in [-0.39, 0.29) is 38.1 Å². The minimum absolute atomic E-state index is 0.0460. The first-order valence-electron chi connectivity index (χ1n) is 12.2. The van der Waals surface area contributed by atoms with Gasteiger partial charge < -0.3 is 29.5 Å². The van der Waals surface area contributed by atoms with Crippen molar-refractivity contribution in [1.82, 2.24) is 0 Å². The summed E-state index contributed by atoms with van der Waals surface area (Å²) in [5.74, 6) is 3.01. The zero-order chi connectivity index (χ0) is 25.4. The first-order chi connectivity index (χ1) is 18.2. The Morgan fingerprint density at radius 2 is 1.14 bits per heavy atom. The average molecular weight is 495 g/mol. The van der Waals surface area contributed by atoms with Crippen molar-refractivity contribution < 1.29 is 29.5 Å². The summed E-state index contributed by atoms with van der Waals surface area (Å²) in [5, 5.41) is 32.4. The molecule has 3 N–H and O–H groups in total. The number of hydrogen-bond acceptors (Lipinski definition) is 6. The number of benzene rings is 5. The van der Waals surface area contributed by atoms with E-state index in [0.29, 0.717) is 11.5 Å². The van der Waals surface area contributed by atoms with Crippen molar-refractivity contribution in [1.29, 1.82) is 0 Å². The standard InChI is InChI=1S/C31H26O6/c32-13-15-35-23-7-9-25-20(17-23)3-11-27-30(25)29(19-1-5-22(34)6-2-19)31-26-10-8-24(36-16-14-33)18-21(26)4-12-28(31)37-27/h1-12,17-18,29,32-34H,13-16H2. The monoisotopic (exact) mass is 494 g/mol. The number of ether oxygens (including phenoxy) is 3. The number of rotatable bonds is 7. The molecule has 0 spiro atoms. The molecule has 1 aliphatic heterocycles. The molecule has 0 aromatic heterocycles. The van der Waals surface area contributed by atoms with Gasteiger partial charge in [-0.15, -0.1) is 0 Å². The van der Waals surface area contributed by atoms with Crippen LogP contribution in [-0.4, -0.2) is 41.7 Å². The van der Waals surface area contributed by atoms with Gasteiger partial charge in [-0.3, -0.25) is 0 Å². The summed E-state index contributed by atoms with van der Waals surface area (Å²) in [6, 6.07) is 27.2. The summed E-state index contributed by atoms with van der Waals surface area (Å²) >= 11 is 0. The second kappa shape index (κ2) is 9.65.